The Morgan fingerprint density at radius 3 is 2.15 bits per heavy atom. The summed E-state index contributed by atoms with van der Waals surface area (Å²) in [5.74, 6) is 0.242. The molecule has 0 saturated carbocycles. The van der Waals surface area contributed by atoms with E-state index in [4.69, 9.17) is 0 Å². The zero-order valence-corrected chi connectivity index (χ0v) is 17.0. The van der Waals surface area contributed by atoms with Crippen molar-refractivity contribution < 1.29 is 9.59 Å². The number of Topliss-reactive ketones (excluding diaryl/α,β-unsaturated/α-hetero) is 2. The first kappa shape index (κ1) is 20.6. The summed E-state index contributed by atoms with van der Waals surface area (Å²) in [6, 6.07) is 12.2. The lowest BCUT2D eigenvalue weighted by atomic mass is 9.94. The highest BCUT2D eigenvalue weighted by Gasteiger charge is 2.08. The fourth-order valence-corrected chi connectivity index (χ4v) is 3.22. The summed E-state index contributed by atoms with van der Waals surface area (Å²) in [7, 11) is 0. The first-order valence-corrected chi connectivity index (χ1v) is 9.29. The third kappa shape index (κ3) is 4.91. The van der Waals surface area contributed by atoms with Gasteiger partial charge in [0.2, 0.25) is 0 Å². The second-order valence-corrected chi connectivity index (χ2v) is 7.28. The van der Waals surface area contributed by atoms with Crippen LogP contribution in [0.25, 0.3) is 11.1 Å². The number of carbonyl (C=O) groups is 2. The van der Waals surface area contributed by atoms with Gasteiger partial charge in [-0.2, -0.15) is 0 Å². The highest BCUT2D eigenvalue weighted by Crippen LogP contribution is 2.19. The van der Waals surface area contributed by atoms with Crippen molar-refractivity contribution in [3.05, 3.63) is 81.7 Å². The predicted octanol–water partition coefficient (Wildman–Crippen LogP) is 4.29. The Morgan fingerprint density at radius 2 is 1.59 bits per heavy atom. The van der Waals surface area contributed by atoms with Crippen molar-refractivity contribution in [2.75, 3.05) is 0 Å². The summed E-state index contributed by atoms with van der Waals surface area (Å²) in [4.78, 5) is 23.3. The molecule has 0 aliphatic rings. The van der Waals surface area contributed by atoms with Crippen molar-refractivity contribution in [1.82, 2.24) is 0 Å². The molecule has 2 aromatic rings. The summed E-state index contributed by atoms with van der Waals surface area (Å²) in [6.07, 6.45) is 3.13. The fourth-order valence-electron chi connectivity index (χ4n) is 3.22. The second kappa shape index (κ2) is 8.77. The topological polar surface area (TPSA) is 34.1 Å². The number of hydrogen-bond donors (Lipinski definition) is 0. The highest BCUT2D eigenvalue weighted by atomic mass is 16.1. The van der Waals surface area contributed by atoms with E-state index in [0.717, 1.165) is 28.0 Å². The number of allylic oxidation sites excluding steroid dienone is 1. The molecule has 0 atom stereocenters. The average Bonchev–Trinajstić information content (AvgIpc) is 2.62. The van der Waals surface area contributed by atoms with Gasteiger partial charge in [-0.1, -0.05) is 48.6 Å². The molecule has 0 spiro atoms. The third-order valence-electron chi connectivity index (χ3n) is 4.87. The van der Waals surface area contributed by atoms with Gasteiger partial charge in [-0.25, -0.2) is 0 Å². The zero-order chi connectivity index (χ0) is 20.1. The van der Waals surface area contributed by atoms with Gasteiger partial charge in [-0.05, 0) is 79.8 Å². The summed E-state index contributed by atoms with van der Waals surface area (Å²) in [5.41, 5.74) is 6.28. The maximum atomic E-state index is 11.9. The molecule has 0 aliphatic carbocycles. The van der Waals surface area contributed by atoms with E-state index in [2.05, 4.69) is 45.5 Å². The standard InChI is InChI=1S/C25H28O2/c1-7-23(22-10-8-17(4)20(14-22)11-9-18(5)26)25-15-21(19(6)27)12-13-24(25)16(2)3/h7-8,10,12-15H,1,9,11H2,2-6H3/b25-23+. The van der Waals surface area contributed by atoms with Crippen LogP contribution < -0.4 is 10.4 Å². The minimum atomic E-state index is 0.0472. The summed E-state index contributed by atoms with van der Waals surface area (Å²) < 4.78 is 0. The molecule has 2 rings (SSSR count). The molecule has 0 bridgehead atoms. The number of benzene rings is 2. The normalized spacial score (nSPS) is 11.7. The Hall–Kier alpha value is -2.74. The molecule has 0 aromatic heterocycles. The van der Waals surface area contributed by atoms with Crippen LogP contribution in [-0.4, -0.2) is 11.6 Å². The Balaban J connectivity index is 2.80. The van der Waals surface area contributed by atoms with Gasteiger partial charge in [-0.3, -0.25) is 4.79 Å². The molecule has 0 amide bonds. The van der Waals surface area contributed by atoms with Crippen LogP contribution in [0.1, 0.15) is 61.2 Å². The molecule has 0 unspecified atom stereocenters. The molecule has 0 saturated heterocycles. The molecule has 0 radical (unpaired) electrons. The number of rotatable bonds is 6. The SMILES string of the molecule is C=C/C(c1ccc(C)c(CCC(C)=O)c1)=c1/cc(C(C)=O)ccc1=C(C)C. The van der Waals surface area contributed by atoms with E-state index in [1.807, 2.05) is 24.3 Å². The fraction of sp³-hybridized carbons (Fsp3) is 0.280. The third-order valence-corrected chi connectivity index (χ3v) is 4.87. The molecule has 0 heterocycles. The molecule has 2 aromatic carbocycles. The molecule has 27 heavy (non-hydrogen) atoms. The van der Waals surface area contributed by atoms with Gasteiger partial charge in [0.1, 0.15) is 5.78 Å². The predicted molar refractivity (Wildman–Crippen MR) is 113 cm³/mol. The molecular weight excluding hydrogens is 332 g/mol. The molecule has 0 N–H and O–H groups in total. The van der Waals surface area contributed by atoms with Crippen LogP contribution in [0.2, 0.25) is 0 Å². The molecule has 0 fully saturated rings. The van der Waals surface area contributed by atoms with Gasteiger partial charge < -0.3 is 4.79 Å². The minimum Gasteiger partial charge on any atom is -0.300 e. The lowest BCUT2D eigenvalue weighted by Gasteiger charge is -2.11. The summed E-state index contributed by atoms with van der Waals surface area (Å²) >= 11 is 0. The minimum absolute atomic E-state index is 0.0472. The second-order valence-electron chi connectivity index (χ2n) is 7.28. The summed E-state index contributed by atoms with van der Waals surface area (Å²) in [6.45, 7) is 13.4. The number of ketones is 2. The first-order valence-electron chi connectivity index (χ1n) is 9.29. The van der Waals surface area contributed by atoms with E-state index in [1.165, 1.54) is 16.7 Å². The molecule has 140 valence electrons. The van der Waals surface area contributed by atoms with Gasteiger partial charge in [0.25, 0.3) is 0 Å². The highest BCUT2D eigenvalue weighted by molar-refractivity contribution is 5.94. The van der Waals surface area contributed by atoms with E-state index in [9.17, 15) is 9.59 Å². The largest absolute Gasteiger partial charge is 0.300 e. The van der Waals surface area contributed by atoms with Crippen molar-refractivity contribution in [3.63, 3.8) is 0 Å². The van der Waals surface area contributed by atoms with Crippen LogP contribution in [0.3, 0.4) is 0 Å². The van der Waals surface area contributed by atoms with E-state index in [-0.39, 0.29) is 11.6 Å². The number of aryl methyl sites for hydroxylation is 2. The Labute approximate surface area is 161 Å². The average molecular weight is 360 g/mol. The zero-order valence-electron chi connectivity index (χ0n) is 17.0. The van der Waals surface area contributed by atoms with Crippen LogP contribution in [0.15, 0.2) is 49.1 Å². The van der Waals surface area contributed by atoms with Crippen molar-refractivity contribution in [3.8, 4) is 0 Å². The van der Waals surface area contributed by atoms with Crippen LogP contribution in [0.4, 0.5) is 0 Å². The first-order chi connectivity index (χ1) is 12.7. The summed E-state index contributed by atoms with van der Waals surface area (Å²) in [5, 5.41) is 2.12. The molecular formula is C25H28O2. The quantitative estimate of drug-likeness (QED) is 0.720. The van der Waals surface area contributed by atoms with Crippen molar-refractivity contribution in [2.45, 2.75) is 47.5 Å². The van der Waals surface area contributed by atoms with Crippen molar-refractivity contribution in [1.29, 1.82) is 0 Å². The van der Waals surface area contributed by atoms with Crippen LogP contribution in [0, 0.1) is 6.92 Å². The van der Waals surface area contributed by atoms with Crippen LogP contribution in [0.5, 0.6) is 0 Å². The van der Waals surface area contributed by atoms with Crippen LogP contribution >= 0.6 is 0 Å². The van der Waals surface area contributed by atoms with Crippen LogP contribution in [-0.2, 0) is 11.2 Å². The number of carbonyl (C=O) groups excluding carboxylic acids is 2. The van der Waals surface area contributed by atoms with Gasteiger partial charge in [0.15, 0.2) is 5.78 Å². The Bertz CT molecular complexity index is 1020. The molecule has 2 nitrogen and oxygen atoms in total. The lowest BCUT2D eigenvalue weighted by Crippen LogP contribution is -2.29. The molecule has 0 aliphatic heterocycles. The smallest absolute Gasteiger partial charge is 0.159 e. The van der Waals surface area contributed by atoms with E-state index < -0.39 is 0 Å². The lowest BCUT2D eigenvalue weighted by molar-refractivity contribution is -0.116. The van der Waals surface area contributed by atoms with E-state index in [1.54, 1.807) is 13.8 Å². The van der Waals surface area contributed by atoms with Gasteiger partial charge in [0, 0.05) is 12.0 Å². The Kier molecular flexibility index (Phi) is 6.68. The Morgan fingerprint density at radius 1 is 0.926 bits per heavy atom. The van der Waals surface area contributed by atoms with E-state index in [0.29, 0.717) is 12.0 Å². The number of hydrogen-bond acceptors (Lipinski definition) is 2. The maximum absolute atomic E-state index is 11.9. The van der Waals surface area contributed by atoms with Gasteiger partial charge in [0.05, 0.1) is 0 Å². The van der Waals surface area contributed by atoms with Crippen molar-refractivity contribution in [2.24, 2.45) is 0 Å². The van der Waals surface area contributed by atoms with Gasteiger partial charge >= 0.3 is 0 Å². The van der Waals surface area contributed by atoms with Gasteiger partial charge in [-0.15, -0.1) is 0 Å². The molecule has 2 heteroatoms. The van der Waals surface area contributed by atoms with E-state index >= 15 is 0 Å². The maximum Gasteiger partial charge on any atom is 0.159 e. The monoisotopic (exact) mass is 360 g/mol. The van der Waals surface area contributed by atoms with Crippen molar-refractivity contribution >= 4 is 22.7 Å².